The molecule has 0 saturated carbocycles. The summed E-state index contributed by atoms with van der Waals surface area (Å²) in [7, 11) is 0. The van der Waals surface area contributed by atoms with E-state index in [0.29, 0.717) is 26.3 Å². The Hall–Kier alpha value is -2.68. The molecular formula is C25H29N3O4S. The minimum atomic E-state index is 0.0184. The number of rotatable bonds is 7. The van der Waals surface area contributed by atoms with E-state index < -0.39 is 0 Å². The predicted molar refractivity (Wildman–Crippen MR) is 128 cm³/mol. The quantitative estimate of drug-likeness (QED) is 0.514. The van der Waals surface area contributed by atoms with E-state index in [1.807, 2.05) is 34.5 Å². The van der Waals surface area contributed by atoms with E-state index in [1.54, 1.807) is 0 Å². The lowest BCUT2D eigenvalue weighted by molar-refractivity contribution is 0.0511. The second kappa shape index (κ2) is 10.1. The van der Waals surface area contributed by atoms with Crippen molar-refractivity contribution in [2.24, 2.45) is 0 Å². The van der Waals surface area contributed by atoms with Gasteiger partial charge in [0.1, 0.15) is 5.69 Å². The number of ether oxygens (including phenoxy) is 2. The number of anilines is 1. The van der Waals surface area contributed by atoms with Crippen molar-refractivity contribution < 1.29 is 18.8 Å². The zero-order chi connectivity index (χ0) is 22.6. The lowest BCUT2D eigenvalue weighted by Gasteiger charge is -2.29. The molecule has 3 aromatic rings. The van der Waals surface area contributed by atoms with Crippen molar-refractivity contribution >= 4 is 23.1 Å². The van der Waals surface area contributed by atoms with Gasteiger partial charge in [-0.25, -0.2) is 0 Å². The van der Waals surface area contributed by atoms with E-state index >= 15 is 0 Å². The molecule has 2 aromatic heterocycles. The van der Waals surface area contributed by atoms with Gasteiger partial charge in [0.15, 0.2) is 0 Å². The van der Waals surface area contributed by atoms with Crippen molar-refractivity contribution in [2.75, 3.05) is 44.4 Å². The number of aryl methyl sites for hydroxylation is 1. The minimum absolute atomic E-state index is 0.0184. The largest absolute Gasteiger partial charge is 0.378 e. The Bertz CT molecular complexity index is 1070. The molecule has 5 rings (SSSR count). The molecule has 1 aromatic carbocycles. The van der Waals surface area contributed by atoms with Crippen LogP contribution in [0, 0.1) is 6.92 Å². The Balaban J connectivity index is 1.52. The van der Waals surface area contributed by atoms with Crippen LogP contribution in [0.5, 0.6) is 0 Å². The second-order valence-corrected chi connectivity index (χ2v) is 9.53. The van der Waals surface area contributed by atoms with E-state index in [0.717, 1.165) is 65.7 Å². The van der Waals surface area contributed by atoms with Gasteiger partial charge in [0.25, 0.3) is 5.91 Å². The van der Waals surface area contributed by atoms with E-state index in [-0.39, 0.29) is 12.0 Å². The van der Waals surface area contributed by atoms with Crippen molar-refractivity contribution in [3.8, 4) is 11.3 Å². The average molecular weight is 468 g/mol. The molecule has 0 bridgehead atoms. The highest BCUT2D eigenvalue weighted by Gasteiger charge is 2.30. The van der Waals surface area contributed by atoms with Gasteiger partial charge in [0.05, 0.1) is 36.3 Å². The molecule has 7 nitrogen and oxygen atoms in total. The number of hydrogen-bond donors (Lipinski definition) is 0. The van der Waals surface area contributed by atoms with Crippen LogP contribution >= 0.6 is 11.3 Å². The Morgan fingerprint density at radius 2 is 2.09 bits per heavy atom. The van der Waals surface area contributed by atoms with E-state index in [4.69, 9.17) is 14.0 Å². The van der Waals surface area contributed by atoms with Gasteiger partial charge in [-0.15, -0.1) is 11.3 Å². The van der Waals surface area contributed by atoms with Crippen LogP contribution in [0.15, 0.2) is 46.3 Å². The monoisotopic (exact) mass is 467 g/mol. The van der Waals surface area contributed by atoms with Crippen LogP contribution in [0.25, 0.3) is 11.3 Å². The first kappa shape index (κ1) is 22.1. The number of amides is 1. The highest BCUT2D eigenvalue weighted by molar-refractivity contribution is 7.12. The number of carbonyl (C=O) groups excluding carboxylic acids is 1. The topological polar surface area (TPSA) is 68.0 Å². The molecule has 8 heteroatoms. The fourth-order valence-corrected chi connectivity index (χ4v) is 5.17. The molecule has 1 atom stereocenters. The lowest BCUT2D eigenvalue weighted by atomic mass is 10.0. The van der Waals surface area contributed by atoms with Gasteiger partial charge < -0.3 is 23.8 Å². The Kier molecular flexibility index (Phi) is 6.75. The average Bonchev–Trinajstić information content (AvgIpc) is 3.61. The van der Waals surface area contributed by atoms with Crippen molar-refractivity contribution in [3.05, 3.63) is 57.8 Å². The van der Waals surface area contributed by atoms with E-state index in [9.17, 15) is 4.79 Å². The fourth-order valence-electron chi connectivity index (χ4n) is 4.48. The van der Waals surface area contributed by atoms with Crippen LogP contribution in [-0.2, 0) is 16.0 Å². The molecule has 2 saturated heterocycles. The van der Waals surface area contributed by atoms with Crippen LogP contribution in [-0.4, -0.2) is 61.5 Å². The minimum Gasteiger partial charge on any atom is -0.378 e. The number of benzene rings is 1. The van der Waals surface area contributed by atoms with Crippen LogP contribution in [0.3, 0.4) is 0 Å². The van der Waals surface area contributed by atoms with Gasteiger partial charge in [0, 0.05) is 31.8 Å². The zero-order valence-corrected chi connectivity index (χ0v) is 19.7. The molecule has 0 radical (unpaired) electrons. The molecule has 4 heterocycles. The van der Waals surface area contributed by atoms with Crippen LogP contribution in [0.1, 0.15) is 33.6 Å². The van der Waals surface area contributed by atoms with Gasteiger partial charge >= 0.3 is 0 Å². The van der Waals surface area contributed by atoms with Crippen LogP contribution in [0.2, 0.25) is 0 Å². The first-order valence-electron chi connectivity index (χ1n) is 11.5. The summed E-state index contributed by atoms with van der Waals surface area (Å²) >= 11 is 1.47. The summed E-state index contributed by atoms with van der Waals surface area (Å²) in [5, 5.41) is 6.42. The molecule has 1 amide bonds. The van der Waals surface area contributed by atoms with Gasteiger partial charge in [-0.3, -0.25) is 4.79 Å². The Morgan fingerprint density at radius 1 is 1.21 bits per heavy atom. The maximum atomic E-state index is 13.5. The van der Waals surface area contributed by atoms with Crippen molar-refractivity contribution in [1.29, 1.82) is 0 Å². The van der Waals surface area contributed by atoms with Gasteiger partial charge in [0.2, 0.25) is 5.88 Å². The molecule has 0 unspecified atom stereocenters. The first-order chi connectivity index (χ1) is 16.2. The normalized spacial score (nSPS) is 18.6. The second-order valence-electron chi connectivity index (χ2n) is 8.58. The van der Waals surface area contributed by atoms with Gasteiger partial charge in [-0.2, -0.15) is 0 Å². The van der Waals surface area contributed by atoms with Crippen LogP contribution in [0.4, 0.5) is 5.88 Å². The smallest absolute Gasteiger partial charge is 0.264 e. The number of morpholine rings is 1. The number of thiophene rings is 1. The summed E-state index contributed by atoms with van der Waals surface area (Å²) in [6, 6.07) is 12.0. The molecule has 0 N–H and O–H groups in total. The molecule has 2 aliphatic heterocycles. The summed E-state index contributed by atoms with van der Waals surface area (Å²) in [4.78, 5) is 18.3. The number of aromatic nitrogens is 1. The van der Waals surface area contributed by atoms with Crippen molar-refractivity contribution in [3.63, 3.8) is 0 Å². The summed E-state index contributed by atoms with van der Waals surface area (Å²) < 4.78 is 17.4. The first-order valence-corrected chi connectivity index (χ1v) is 12.4. The molecule has 0 aliphatic carbocycles. The molecule has 33 heavy (non-hydrogen) atoms. The third kappa shape index (κ3) is 4.98. The standard InChI is InChI=1S/C25H29N3O4S/c1-18-5-2-6-19(15-18)23-21(25(32-26-23)27-9-12-30-13-10-27)17-28(16-20-7-3-11-31-20)24(29)22-8-4-14-33-22/h2,4-6,8,14-15,20H,3,7,9-13,16-17H2,1H3/t20-/m0/s1. The third-order valence-corrected chi connectivity index (χ3v) is 7.03. The van der Waals surface area contributed by atoms with E-state index in [1.165, 1.54) is 11.3 Å². The Labute approximate surface area is 197 Å². The predicted octanol–water partition coefficient (Wildman–Crippen LogP) is 4.37. The van der Waals surface area contributed by atoms with Crippen molar-refractivity contribution in [1.82, 2.24) is 10.1 Å². The number of nitrogens with zero attached hydrogens (tertiary/aromatic N) is 3. The molecule has 0 spiro atoms. The highest BCUT2D eigenvalue weighted by atomic mass is 32.1. The zero-order valence-electron chi connectivity index (χ0n) is 18.9. The maximum absolute atomic E-state index is 13.5. The maximum Gasteiger partial charge on any atom is 0.264 e. The van der Waals surface area contributed by atoms with Gasteiger partial charge in [-0.05, 0) is 37.3 Å². The van der Waals surface area contributed by atoms with Crippen molar-refractivity contribution in [2.45, 2.75) is 32.4 Å². The third-order valence-electron chi connectivity index (χ3n) is 6.17. The summed E-state index contributed by atoms with van der Waals surface area (Å²) in [6.45, 7) is 6.55. The highest BCUT2D eigenvalue weighted by Crippen LogP contribution is 2.34. The fraction of sp³-hybridized carbons (Fsp3) is 0.440. The van der Waals surface area contributed by atoms with Crippen LogP contribution < -0.4 is 4.90 Å². The SMILES string of the molecule is Cc1cccc(-c2noc(N3CCOCC3)c2CN(C[C@@H]2CCCO2)C(=O)c2cccs2)c1. The Morgan fingerprint density at radius 3 is 2.82 bits per heavy atom. The molecule has 2 fully saturated rings. The number of hydrogen-bond acceptors (Lipinski definition) is 7. The summed E-state index contributed by atoms with van der Waals surface area (Å²) in [5.41, 5.74) is 3.87. The van der Waals surface area contributed by atoms with Gasteiger partial charge in [-0.1, -0.05) is 35.0 Å². The molecule has 2 aliphatic rings. The molecular weight excluding hydrogens is 438 g/mol. The summed E-state index contributed by atoms with van der Waals surface area (Å²) in [5.74, 6) is 0.746. The summed E-state index contributed by atoms with van der Waals surface area (Å²) in [6.07, 6.45) is 2.06. The van der Waals surface area contributed by atoms with E-state index in [2.05, 4.69) is 29.1 Å². The molecule has 174 valence electrons. The lowest BCUT2D eigenvalue weighted by Crippen LogP contribution is -2.39. The number of carbonyl (C=O) groups is 1.